The lowest BCUT2D eigenvalue weighted by Gasteiger charge is -2.20. The fraction of sp³-hybridized carbons (Fsp3) is 0.500. The molecule has 0 unspecified atom stereocenters. The van der Waals surface area contributed by atoms with Crippen molar-refractivity contribution >= 4 is 11.6 Å². The number of nitrogens with zero attached hydrogens (tertiary/aromatic N) is 1. The van der Waals surface area contributed by atoms with Gasteiger partial charge in [0.15, 0.2) is 17.5 Å². The van der Waals surface area contributed by atoms with Gasteiger partial charge < -0.3 is 10.2 Å². The van der Waals surface area contributed by atoms with Crippen molar-refractivity contribution in [1.82, 2.24) is 4.90 Å². The largest absolute Gasteiger partial charge is 0.374 e. The molecule has 0 bridgehead atoms. The fourth-order valence-corrected chi connectivity index (χ4v) is 2.27. The summed E-state index contributed by atoms with van der Waals surface area (Å²) < 4.78 is 39.2. The fourth-order valence-electron chi connectivity index (χ4n) is 2.27. The highest BCUT2D eigenvalue weighted by molar-refractivity contribution is 5.80. The average molecular weight is 286 g/mol. The zero-order chi connectivity index (χ0) is 14.5. The van der Waals surface area contributed by atoms with Gasteiger partial charge in [-0.05, 0) is 25.0 Å². The SMILES string of the molecule is O=C(CNc1ccc(F)c(F)c1F)N1CCCCCC1. The summed E-state index contributed by atoms with van der Waals surface area (Å²) in [5.74, 6) is -4.23. The van der Waals surface area contributed by atoms with E-state index in [-0.39, 0.29) is 18.1 Å². The maximum Gasteiger partial charge on any atom is 0.241 e. The van der Waals surface area contributed by atoms with Gasteiger partial charge in [0, 0.05) is 13.1 Å². The van der Waals surface area contributed by atoms with Gasteiger partial charge in [-0.15, -0.1) is 0 Å². The Morgan fingerprint density at radius 1 is 1.05 bits per heavy atom. The van der Waals surface area contributed by atoms with Crippen LogP contribution in [0.4, 0.5) is 18.9 Å². The van der Waals surface area contributed by atoms with Gasteiger partial charge >= 0.3 is 0 Å². The molecule has 1 amide bonds. The van der Waals surface area contributed by atoms with Gasteiger partial charge in [-0.2, -0.15) is 0 Å². The quantitative estimate of drug-likeness (QED) is 0.867. The first-order valence-electron chi connectivity index (χ1n) is 6.74. The molecule has 0 atom stereocenters. The van der Waals surface area contributed by atoms with Gasteiger partial charge in [0.1, 0.15) is 0 Å². The van der Waals surface area contributed by atoms with Crippen LogP contribution in [0, 0.1) is 17.5 Å². The number of anilines is 1. The number of carbonyl (C=O) groups is 1. The smallest absolute Gasteiger partial charge is 0.241 e. The Labute approximate surface area is 115 Å². The molecule has 2 rings (SSSR count). The van der Waals surface area contributed by atoms with Crippen LogP contribution in [0.2, 0.25) is 0 Å². The predicted molar refractivity (Wildman–Crippen MR) is 69.9 cm³/mol. The maximum atomic E-state index is 13.4. The van der Waals surface area contributed by atoms with E-state index in [0.717, 1.165) is 37.8 Å². The van der Waals surface area contributed by atoms with Crippen molar-refractivity contribution in [2.24, 2.45) is 0 Å². The lowest BCUT2D eigenvalue weighted by molar-refractivity contribution is -0.129. The van der Waals surface area contributed by atoms with E-state index in [1.165, 1.54) is 0 Å². The zero-order valence-electron chi connectivity index (χ0n) is 11.1. The van der Waals surface area contributed by atoms with Crippen LogP contribution >= 0.6 is 0 Å². The van der Waals surface area contributed by atoms with E-state index in [1.54, 1.807) is 4.90 Å². The van der Waals surface area contributed by atoms with Crippen molar-refractivity contribution < 1.29 is 18.0 Å². The molecule has 1 aliphatic rings. The lowest BCUT2D eigenvalue weighted by Crippen LogP contribution is -2.36. The Bertz CT molecular complexity index is 486. The summed E-state index contributed by atoms with van der Waals surface area (Å²) in [6.07, 6.45) is 4.14. The van der Waals surface area contributed by atoms with E-state index >= 15 is 0 Å². The first-order chi connectivity index (χ1) is 9.59. The third-order valence-corrected chi connectivity index (χ3v) is 3.42. The number of hydrogen-bond acceptors (Lipinski definition) is 2. The Kier molecular flexibility index (Phi) is 4.87. The molecule has 1 aromatic carbocycles. The van der Waals surface area contributed by atoms with Crippen LogP contribution in [0.25, 0.3) is 0 Å². The van der Waals surface area contributed by atoms with Crippen LogP contribution in [-0.2, 0) is 4.79 Å². The predicted octanol–water partition coefficient (Wildman–Crippen LogP) is 2.92. The molecule has 1 N–H and O–H groups in total. The highest BCUT2D eigenvalue weighted by Gasteiger charge is 2.17. The summed E-state index contributed by atoms with van der Waals surface area (Å²) in [4.78, 5) is 13.7. The highest BCUT2D eigenvalue weighted by Crippen LogP contribution is 2.19. The van der Waals surface area contributed by atoms with Gasteiger partial charge in [0.05, 0.1) is 12.2 Å². The van der Waals surface area contributed by atoms with E-state index in [4.69, 9.17) is 0 Å². The van der Waals surface area contributed by atoms with Gasteiger partial charge in [-0.25, -0.2) is 13.2 Å². The van der Waals surface area contributed by atoms with Crippen LogP contribution in [-0.4, -0.2) is 30.4 Å². The first-order valence-corrected chi connectivity index (χ1v) is 6.74. The number of halogens is 3. The van der Waals surface area contributed by atoms with Crippen molar-refractivity contribution in [3.8, 4) is 0 Å². The molecule has 0 aromatic heterocycles. The number of nitrogens with one attached hydrogen (secondary N) is 1. The summed E-state index contributed by atoms with van der Waals surface area (Å²) in [7, 11) is 0. The Morgan fingerprint density at radius 2 is 1.70 bits per heavy atom. The summed E-state index contributed by atoms with van der Waals surface area (Å²) in [6, 6.07) is 1.92. The van der Waals surface area contributed by atoms with Crippen molar-refractivity contribution in [1.29, 1.82) is 0 Å². The standard InChI is InChI=1S/C14H17F3N2O/c15-10-5-6-11(14(17)13(10)16)18-9-12(20)19-7-3-1-2-4-8-19/h5-6,18H,1-4,7-9H2. The first kappa shape index (κ1) is 14.7. The van der Waals surface area contributed by atoms with E-state index in [9.17, 15) is 18.0 Å². The Balaban J connectivity index is 1.94. The minimum Gasteiger partial charge on any atom is -0.374 e. The van der Waals surface area contributed by atoms with Gasteiger partial charge in [-0.3, -0.25) is 4.79 Å². The van der Waals surface area contributed by atoms with Crippen LogP contribution in [0.3, 0.4) is 0 Å². The van der Waals surface area contributed by atoms with E-state index in [2.05, 4.69) is 5.32 Å². The third-order valence-electron chi connectivity index (χ3n) is 3.42. The maximum absolute atomic E-state index is 13.4. The minimum atomic E-state index is -1.53. The van der Waals surface area contributed by atoms with Crippen molar-refractivity contribution in [2.45, 2.75) is 25.7 Å². The molecule has 0 radical (unpaired) electrons. The van der Waals surface area contributed by atoms with Gasteiger partial charge in [0.2, 0.25) is 5.91 Å². The molecule has 1 aliphatic heterocycles. The average Bonchev–Trinajstić information content (AvgIpc) is 2.73. The lowest BCUT2D eigenvalue weighted by atomic mass is 10.2. The molecule has 1 fully saturated rings. The number of carbonyl (C=O) groups excluding carboxylic acids is 1. The van der Waals surface area contributed by atoms with Gasteiger partial charge in [-0.1, -0.05) is 12.8 Å². The second kappa shape index (κ2) is 6.63. The molecular weight excluding hydrogens is 269 g/mol. The topological polar surface area (TPSA) is 32.3 Å². The summed E-state index contributed by atoms with van der Waals surface area (Å²) in [5.41, 5.74) is -0.202. The Hall–Kier alpha value is -1.72. The molecule has 20 heavy (non-hydrogen) atoms. The van der Waals surface area contributed by atoms with Crippen molar-refractivity contribution in [2.75, 3.05) is 25.0 Å². The summed E-state index contributed by atoms with van der Waals surface area (Å²) in [6.45, 7) is 1.27. The second-order valence-corrected chi connectivity index (χ2v) is 4.87. The second-order valence-electron chi connectivity index (χ2n) is 4.87. The zero-order valence-corrected chi connectivity index (χ0v) is 11.1. The summed E-state index contributed by atoms with van der Waals surface area (Å²) in [5, 5.41) is 2.53. The molecule has 0 aliphatic carbocycles. The number of benzene rings is 1. The number of hydrogen-bond donors (Lipinski definition) is 1. The Morgan fingerprint density at radius 3 is 2.35 bits per heavy atom. The molecule has 1 saturated heterocycles. The monoisotopic (exact) mass is 286 g/mol. The molecule has 6 heteroatoms. The van der Waals surface area contributed by atoms with E-state index in [1.807, 2.05) is 0 Å². The summed E-state index contributed by atoms with van der Waals surface area (Å²) >= 11 is 0. The molecule has 0 saturated carbocycles. The minimum absolute atomic E-state index is 0.123. The van der Waals surface area contributed by atoms with Crippen LogP contribution in [0.15, 0.2) is 12.1 Å². The number of amides is 1. The van der Waals surface area contributed by atoms with E-state index < -0.39 is 17.5 Å². The van der Waals surface area contributed by atoms with Crippen LogP contribution in [0.1, 0.15) is 25.7 Å². The molecule has 3 nitrogen and oxygen atoms in total. The number of rotatable bonds is 3. The van der Waals surface area contributed by atoms with Crippen LogP contribution in [0.5, 0.6) is 0 Å². The molecule has 1 aromatic rings. The third kappa shape index (κ3) is 3.43. The van der Waals surface area contributed by atoms with Crippen molar-refractivity contribution in [3.05, 3.63) is 29.6 Å². The normalized spacial score (nSPS) is 15.8. The van der Waals surface area contributed by atoms with Crippen LogP contribution < -0.4 is 5.32 Å². The molecular formula is C14H17F3N2O. The van der Waals surface area contributed by atoms with Crippen molar-refractivity contribution in [3.63, 3.8) is 0 Å². The molecule has 1 heterocycles. The molecule has 0 spiro atoms. The number of likely N-dealkylation sites (tertiary alicyclic amines) is 1. The highest BCUT2D eigenvalue weighted by atomic mass is 19.2. The van der Waals surface area contributed by atoms with E-state index in [0.29, 0.717) is 13.1 Å². The van der Waals surface area contributed by atoms with Gasteiger partial charge in [0.25, 0.3) is 0 Å². The molecule has 110 valence electrons.